The van der Waals surface area contributed by atoms with Gasteiger partial charge in [-0.05, 0) is 36.0 Å². The van der Waals surface area contributed by atoms with Crippen LogP contribution in [-0.4, -0.2) is 63.2 Å². The summed E-state index contributed by atoms with van der Waals surface area (Å²) in [5.74, 6) is -0.396. The number of nitrogens with two attached hydrogens (primary N) is 1. The Labute approximate surface area is 271 Å². The zero-order valence-electron chi connectivity index (χ0n) is 26.8. The van der Waals surface area contributed by atoms with E-state index in [4.69, 9.17) is 15.2 Å². The molecule has 1 heterocycles. The van der Waals surface area contributed by atoms with E-state index in [-0.39, 0.29) is 40.2 Å². The molecule has 1 aliphatic rings. The highest BCUT2D eigenvalue weighted by Gasteiger charge is 2.32. The normalized spacial score (nSPS) is 15.6. The van der Waals surface area contributed by atoms with Gasteiger partial charge in [-0.1, -0.05) is 58.9 Å². The van der Waals surface area contributed by atoms with Crippen molar-refractivity contribution in [2.45, 2.75) is 71.4 Å². The fourth-order valence-corrected chi connectivity index (χ4v) is 5.24. The molecule has 0 aliphatic carbocycles. The molecule has 0 saturated heterocycles. The Kier molecular flexibility index (Phi) is 16.5. The molecule has 16 heteroatoms. The first-order valence-corrected chi connectivity index (χ1v) is 16.6. The number of fused-ring (bicyclic) bond motifs is 1. The SMILES string of the molecule is CC(C)COc1cc2c(cc1C(N)=O)[C@@H](NC(=O)[C@H](Cc1ccc(C(P)P(=O)(O)O)cc1)NC(=O)C(C)(C)C)CCCO2.O.O.O. The summed E-state index contributed by atoms with van der Waals surface area (Å²) in [6.07, 6.45) is 1.29. The Hall–Kier alpha value is -3.09. The van der Waals surface area contributed by atoms with E-state index in [0.29, 0.717) is 54.2 Å². The lowest BCUT2D eigenvalue weighted by molar-refractivity contribution is -0.133. The van der Waals surface area contributed by atoms with E-state index >= 15 is 0 Å². The highest BCUT2D eigenvalue weighted by atomic mass is 31.2. The largest absolute Gasteiger partial charge is 0.493 e. The zero-order valence-corrected chi connectivity index (χ0v) is 28.8. The fraction of sp³-hybridized carbons (Fsp3) is 0.500. The van der Waals surface area contributed by atoms with Gasteiger partial charge in [0.25, 0.3) is 5.91 Å². The maximum atomic E-state index is 13.8. The van der Waals surface area contributed by atoms with E-state index in [1.807, 2.05) is 13.8 Å². The maximum absolute atomic E-state index is 13.8. The van der Waals surface area contributed by atoms with Crippen molar-refractivity contribution >= 4 is 34.6 Å². The topological polar surface area (TPSA) is 272 Å². The van der Waals surface area contributed by atoms with Crippen molar-refractivity contribution in [2.75, 3.05) is 13.2 Å². The van der Waals surface area contributed by atoms with Crippen LogP contribution in [0.5, 0.6) is 11.5 Å². The van der Waals surface area contributed by atoms with Crippen LogP contribution < -0.4 is 25.8 Å². The molecule has 0 bridgehead atoms. The first kappa shape index (κ1) is 42.9. The van der Waals surface area contributed by atoms with Gasteiger partial charge in [0, 0.05) is 23.5 Å². The van der Waals surface area contributed by atoms with Gasteiger partial charge in [0.15, 0.2) is 0 Å². The molecule has 2 unspecified atom stereocenters. The van der Waals surface area contributed by atoms with Crippen molar-refractivity contribution in [2.24, 2.45) is 17.1 Å². The summed E-state index contributed by atoms with van der Waals surface area (Å²) in [5, 5.41) is 4.85. The van der Waals surface area contributed by atoms with E-state index in [0.717, 1.165) is 0 Å². The van der Waals surface area contributed by atoms with E-state index in [9.17, 15) is 28.7 Å². The number of primary amides is 1. The molecule has 2 aromatic carbocycles. The van der Waals surface area contributed by atoms with Crippen molar-refractivity contribution in [3.8, 4) is 11.5 Å². The second kappa shape index (κ2) is 17.7. The minimum Gasteiger partial charge on any atom is -0.493 e. The molecular formula is C30H49N3O11P2. The number of amides is 3. The van der Waals surface area contributed by atoms with Gasteiger partial charge in [-0.25, -0.2) is 0 Å². The minimum atomic E-state index is -4.35. The highest BCUT2D eigenvalue weighted by molar-refractivity contribution is 7.60. The van der Waals surface area contributed by atoms with Gasteiger partial charge in [0.05, 0.1) is 30.2 Å². The van der Waals surface area contributed by atoms with Crippen LogP contribution in [0.25, 0.3) is 0 Å². The van der Waals surface area contributed by atoms with Gasteiger partial charge < -0.3 is 52.1 Å². The summed E-state index contributed by atoms with van der Waals surface area (Å²) in [5.41, 5.74) is 6.81. The van der Waals surface area contributed by atoms with Gasteiger partial charge in [-0.15, -0.1) is 9.24 Å². The Morgan fingerprint density at radius 3 is 2.24 bits per heavy atom. The summed E-state index contributed by atoms with van der Waals surface area (Å²) in [6, 6.07) is 8.30. The molecule has 2 aromatic rings. The van der Waals surface area contributed by atoms with Crippen molar-refractivity contribution in [1.82, 2.24) is 10.6 Å². The molecule has 12 N–H and O–H groups in total. The molecule has 0 radical (unpaired) electrons. The smallest absolute Gasteiger partial charge is 0.336 e. The van der Waals surface area contributed by atoms with Gasteiger partial charge in [0.2, 0.25) is 11.8 Å². The van der Waals surface area contributed by atoms with Crippen LogP contribution in [0.2, 0.25) is 0 Å². The molecule has 260 valence electrons. The zero-order chi connectivity index (χ0) is 32.1. The number of hydrogen-bond acceptors (Lipinski definition) is 6. The third-order valence-electron chi connectivity index (χ3n) is 6.96. The fourth-order valence-electron chi connectivity index (χ4n) is 4.46. The van der Waals surface area contributed by atoms with E-state index in [2.05, 4.69) is 19.9 Å². The van der Waals surface area contributed by atoms with Crippen LogP contribution in [0.3, 0.4) is 0 Å². The minimum absolute atomic E-state index is 0. The second-order valence-electron chi connectivity index (χ2n) is 12.3. The Morgan fingerprint density at radius 1 is 1.11 bits per heavy atom. The monoisotopic (exact) mass is 689 g/mol. The molecule has 3 amide bonds. The molecule has 3 rings (SSSR count). The van der Waals surface area contributed by atoms with E-state index in [1.165, 1.54) is 0 Å². The van der Waals surface area contributed by atoms with Crippen molar-refractivity contribution in [3.63, 3.8) is 0 Å². The molecule has 0 fully saturated rings. The van der Waals surface area contributed by atoms with Crippen molar-refractivity contribution in [1.29, 1.82) is 0 Å². The van der Waals surface area contributed by atoms with Crippen LogP contribution in [0.15, 0.2) is 36.4 Å². The molecule has 0 saturated carbocycles. The van der Waals surface area contributed by atoms with Crippen LogP contribution in [0.1, 0.15) is 86.0 Å². The molecule has 14 nitrogen and oxygen atoms in total. The number of nitrogens with one attached hydrogen (secondary N) is 2. The van der Waals surface area contributed by atoms with E-state index in [1.54, 1.807) is 57.2 Å². The predicted molar refractivity (Wildman–Crippen MR) is 178 cm³/mol. The highest BCUT2D eigenvalue weighted by Crippen LogP contribution is 2.55. The van der Waals surface area contributed by atoms with Crippen LogP contribution in [-0.2, 0) is 20.6 Å². The summed E-state index contributed by atoms with van der Waals surface area (Å²) in [4.78, 5) is 58.1. The molecule has 46 heavy (non-hydrogen) atoms. The van der Waals surface area contributed by atoms with Gasteiger partial charge in [-0.3, -0.25) is 18.9 Å². The lowest BCUT2D eigenvalue weighted by Gasteiger charge is -2.27. The Morgan fingerprint density at radius 2 is 1.72 bits per heavy atom. The van der Waals surface area contributed by atoms with Crippen molar-refractivity contribution < 1.29 is 54.6 Å². The Bertz CT molecular complexity index is 1380. The molecule has 4 atom stereocenters. The lowest BCUT2D eigenvalue weighted by atomic mass is 9.94. The number of ether oxygens (including phenoxy) is 2. The van der Waals surface area contributed by atoms with Crippen molar-refractivity contribution in [3.05, 3.63) is 58.7 Å². The van der Waals surface area contributed by atoms with Gasteiger partial charge in [-0.2, -0.15) is 0 Å². The maximum Gasteiger partial charge on any atom is 0.336 e. The summed E-state index contributed by atoms with van der Waals surface area (Å²) >= 11 is 0. The summed E-state index contributed by atoms with van der Waals surface area (Å²) in [7, 11) is -2.20. The number of carbonyl (C=O) groups is 3. The number of hydrogen-bond donors (Lipinski definition) is 5. The van der Waals surface area contributed by atoms with E-state index < -0.39 is 42.3 Å². The number of carbonyl (C=O) groups excluding carboxylic acids is 3. The Balaban J connectivity index is 0.00000675. The first-order valence-electron chi connectivity index (χ1n) is 14.2. The number of benzene rings is 2. The number of rotatable bonds is 11. The third-order valence-corrected chi connectivity index (χ3v) is 9.54. The lowest BCUT2D eigenvalue weighted by Crippen LogP contribution is -2.51. The second-order valence-corrected chi connectivity index (χ2v) is 15.2. The standard InChI is InChI=1S/C30H43N3O8P2.3H2O/c1-17(2)16-41-25-15-24-20(14-21(25)26(31)34)22(7-6-12-40-24)32-27(35)23(33-29(36)30(3,4)5)13-18-8-10-19(11-9-18)28(42)43(37,38)39;;;/h8-11,14-15,17,22-23,28H,6-7,12-13,16,42H2,1-5H3,(H2,31,34)(H,32,35)(H,33,36)(H2,37,38,39);3*1H2/t22-,23-,28?;;;/m0.../s1. The molecular weight excluding hydrogens is 640 g/mol. The average Bonchev–Trinajstić information content (AvgIpc) is 3.11. The quantitative estimate of drug-likeness (QED) is 0.215. The summed E-state index contributed by atoms with van der Waals surface area (Å²) in [6.45, 7) is 10.00. The first-order chi connectivity index (χ1) is 20.0. The van der Waals surface area contributed by atoms with Gasteiger partial charge in [0.1, 0.15) is 17.5 Å². The van der Waals surface area contributed by atoms with Gasteiger partial charge >= 0.3 is 7.60 Å². The summed E-state index contributed by atoms with van der Waals surface area (Å²) < 4.78 is 23.5. The predicted octanol–water partition coefficient (Wildman–Crippen LogP) is 1.50. The third kappa shape index (κ3) is 11.6. The van der Waals surface area contributed by atoms with Crippen LogP contribution in [0.4, 0.5) is 0 Å². The molecule has 0 aromatic heterocycles. The average molecular weight is 690 g/mol. The van der Waals surface area contributed by atoms with Crippen LogP contribution in [0, 0.1) is 11.3 Å². The molecule has 0 spiro atoms. The molecule has 1 aliphatic heterocycles. The van der Waals surface area contributed by atoms with Crippen LogP contribution >= 0.6 is 16.8 Å².